The summed E-state index contributed by atoms with van der Waals surface area (Å²) in [4.78, 5) is 3.82. The van der Waals surface area contributed by atoms with Crippen molar-refractivity contribution in [2.75, 3.05) is 17.6 Å². The Hall–Kier alpha value is -1.46. The SMILES string of the molecule is CC(C)(C)CNc1cc(C(F)(F)F)cc(N)n1. The van der Waals surface area contributed by atoms with Crippen LogP contribution in [0.1, 0.15) is 26.3 Å². The van der Waals surface area contributed by atoms with Gasteiger partial charge in [-0.1, -0.05) is 20.8 Å². The molecule has 3 N–H and O–H groups in total. The molecule has 6 heteroatoms. The van der Waals surface area contributed by atoms with Crippen molar-refractivity contribution in [3.05, 3.63) is 17.7 Å². The second-order valence-electron chi connectivity index (χ2n) is 5.08. The summed E-state index contributed by atoms with van der Waals surface area (Å²) in [5, 5.41) is 2.85. The number of nitrogens with two attached hydrogens (primary N) is 1. The normalized spacial score (nSPS) is 12.6. The quantitative estimate of drug-likeness (QED) is 0.844. The summed E-state index contributed by atoms with van der Waals surface area (Å²) in [6.07, 6.45) is -4.41. The average Bonchev–Trinajstić information content (AvgIpc) is 2.11. The second-order valence-corrected chi connectivity index (χ2v) is 5.08. The molecule has 0 radical (unpaired) electrons. The van der Waals surface area contributed by atoms with Crippen LogP contribution in [0.25, 0.3) is 0 Å². The van der Waals surface area contributed by atoms with Crippen LogP contribution >= 0.6 is 0 Å². The first-order valence-corrected chi connectivity index (χ1v) is 5.16. The zero-order valence-electron chi connectivity index (χ0n) is 10.0. The van der Waals surface area contributed by atoms with E-state index in [4.69, 9.17) is 5.73 Å². The van der Waals surface area contributed by atoms with Gasteiger partial charge in [0.05, 0.1) is 5.56 Å². The summed E-state index contributed by atoms with van der Waals surface area (Å²) in [6, 6.07) is 1.78. The van der Waals surface area contributed by atoms with Crippen LogP contribution in [0.2, 0.25) is 0 Å². The predicted octanol–water partition coefficient (Wildman–Crippen LogP) is 3.14. The average molecular weight is 247 g/mol. The number of nitrogens with one attached hydrogen (secondary N) is 1. The molecule has 96 valence electrons. The van der Waals surface area contributed by atoms with E-state index in [0.717, 1.165) is 12.1 Å². The smallest absolute Gasteiger partial charge is 0.384 e. The highest BCUT2D eigenvalue weighted by Gasteiger charge is 2.31. The largest absolute Gasteiger partial charge is 0.416 e. The van der Waals surface area contributed by atoms with Crippen molar-refractivity contribution in [3.63, 3.8) is 0 Å². The van der Waals surface area contributed by atoms with Gasteiger partial charge in [-0.05, 0) is 17.5 Å². The molecule has 0 atom stereocenters. The number of nitrogens with zero attached hydrogens (tertiary/aromatic N) is 1. The van der Waals surface area contributed by atoms with Crippen molar-refractivity contribution < 1.29 is 13.2 Å². The van der Waals surface area contributed by atoms with Gasteiger partial charge in [-0.3, -0.25) is 0 Å². The minimum atomic E-state index is -4.41. The highest BCUT2D eigenvalue weighted by atomic mass is 19.4. The van der Waals surface area contributed by atoms with E-state index in [2.05, 4.69) is 10.3 Å². The highest BCUT2D eigenvalue weighted by Crippen LogP contribution is 2.31. The lowest BCUT2D eigenvalue weighted by Crippen LogP contribution is -2.20. The van der Waals surface area contributed by atoms with Gasteiger partial charge in [0.2, 0.25) is 0 Å². The topological polar surface area (TPSA) is 50.9 Å². The van der Waals surface area contributed by atoms with Gasteiger partial charge in [-0.15, -0.1) is 0 Å². The number of hydrogen-bond acceptors (Lipinski definition) is 3. The third kappa shape index (κ3) is 4.50. The predicted molar refractivity (Wildman–Crippen MR) is 61.6 cm³/mol. The number of halogens is 3. The molecular weight excluding hydrogens is 231 g/mol. The molecule has 0 saturated carbocycles. The Morgan fingerprint density at radius 3 is 2.29 bits per heavy atom. The van der Waals surface area contributed by atoms with Crippen LogP contribution in [0.4, 0.5) is 24.8 Å². The number of aromatic nitrogens is 1. The van der Waals surface area contributed by atoms with Crippen molar-refractivity contribution in [2.24, 2.45) is 5.41 Å². The number of anilines is 2. The van der Waals surface area contributed by atoms with Gasteiger partial charge >= 0.3 is 6.18 Å². The minimum absolute atomic E-state index is 0.0509. The molecule has 1 aromatic heterocycles. The first kappa shape index (κ1) is 13.6. The molecule has 0 spiro atoms. The first-order valence-electron chi connectivity index (χ1n) is 5.16. The molecule has 0 amide bonds. The molecule has 1 heterocycles. The molecule has 3 nitrogen and oxygen atoms in total. The van der Waals surface area contributed by atoms with Crippen LogP contribution in [0, 0.1) is 5.41 Å². The van der Waals surface area contributed by atoms with E-state index in [1.165, 1.54) is 0 Å². The molecule has 1 rings (SSSR count). The molecule has 1 aromatic rings. The molecule has 0 bridgehead atoms. The summed E-state index contributed by atoms with van der Waals surface area (Å²) < 4.78 is 37.5. The molecule has 0 aliphatic heterocycles. The lowest BCUT2D eigenvalue weighted by Gasteiger charge is -2.19. The molecule has 0 saturated heterocycles. The second kappa shape index (κ2) is 4.43. The Balaban J connectivity index is 2.91. The highest BCUT2D eigenvalue weighted by molar-refractivity contribution is 5.47. The van der Waals surface area contributed by atoms with Crippen LogP contribution < -0.4 is 11.1 Å². The Bertz CT molecular complexity index is 394. The van der Waals surface area contributed by atoms with E-state index in [1.807, 2.05) is 20.8 Å². The van der Waals surface area contributed by atoms with E-state index in [9.17, 15) is 13.2 Å². The summed E-state index contributed by atoms with van der Waals surface area (Å²) >= 11 is 0. The fourth-order valence-electron chi connectivity index (χ4n) is 1.16. The zero-order chi connectivity index (χ0) is 13.3. The molecule has 17 heavy (non-hydrogen) atoms. The van der Waals surface area contributed by atoms with Crippen molar-refractivity contribution in [1.29, 1.82) is 0 Å². The maximum atomic E-state index is 12.5. The van der Waals surface area contributed by atoms with Gasteiger partial charge in [-0.25, -0.2) is 4.98 Å². The van der Waals surface area contributed by atoms with Gasteiger partial charge in [0.25, 0.3) is 0 Å². The van der Waals surface area contributed by atoms with Crippen LogP contribution in [0.15, 0.2) is 12.1 Å². The first-order chi connectivity index (χ1) is 7.58. The van der Waals surface area contributed by atoms with E-state index in [1.54, 1.807) is 0 Å². The van der Waals surface area contributed by atoms with Crippen LogP contribution in [0.3, 0.4) is 0 Å². The maximum absolute atomic E-state index is 12.5. The summed E-state index contributed by atoms with van der Waals surface area (Å²) in [6.45, 7) is 6.42. The van der Waals surface area contributed by atoms with Gasteiger partial charge < -0.3 is 11.1 Å². The van der Waals surface area contributed by atoms with Gasteiger partial charge in [-0.2, -0.15) is 13.2 Å². The molecule has 0 fully saturated rings. The van der Waals surface area contributed by atoms with Crippen molar-refractivity contribution in [2.45, 2.75) is 26.9 Å². The van der Waals surface area contributed by atoms with E-state index in [0.29, 0.717) is 6.54 Å². The van der Waals surface area contributed by atoms with Gasteiger partial charge in [0, 0.05) is 6.54 Å². The number of pyridine rings is 1. The van der Waals surface area contributed by atoms with Crippen molar-refractivity contribution in [1.82, 2.24) is 4.98 Å². The fourth-order valence-corrected chi connectivity index (χ4v) is 1.16. The third-order valence-electron chi connectivity index (χ3n) is 1.97. The molecule has 0 aromatic carbocycles. The Labute approximate surface area is 98.2 Å². The Kier molecular flexibility index (Phi) is 3.54. The zero-order valence-corrected chi connectivity index (χ0v) is 10.0. The lowest BCUT2D eigenvalue weighted by molar-refractivity contribution is -0.137. The van der Waals surface area contributed by atoms with E-state index >= 15 is 0 Å². The number of alkyl halides is 3. The number of hydrogen-bond donors (Lipinski definition) is 2. The van der Waals surface area contributed by atoms with Crippen LogP contribution in [-0.2, 0) is 6.18 Å². The van der Waals surface area contributed by atoms with Crippen molar-refractivity contribution >= 4 is 11.6 Å². The molecule has 0 aliphatic rings. The third-order valence-corrected chi connectivity index (χ3v) is 1.97. The van der Waals surface area contributed by atoms with Gasteiger partial charge in [0.15, 0.2) is 0 Å². The molecule has 0 unspecified atom stereocenters. The van der Waals surface area contributed by atoms with Crippen LogP contribution in [-0.4, -0.2) is 11.5 Å². The standard InChI is InChI=1S/C11H16F3N3/c1-10(2,3)6-16-9-5-7(11(12,13)14)4-8(15)17-9/h4-5H,6H2,1-3H3,(H3,15,16,17). The van der Waals surface area contributed by atoms with E-state index in [-0.39, 0.29) is 17.1 Å². The fraction of sp³-hybridized carbons (Fsp3) is 0.545. The number of rotatable bonds is 2. The van der Waals surface area contributed by atoms with Crippen LogP contribution in [0.5, 0.6) is 0 Å². The summed E-state index contributed by atoms with van der Waals surface area (Å²) in [7, 11) is 0. The molecular formula is C11H16F3N3. The molecule has 0 aliphatic carbocycles. The lowest BCUT2D eigenvalue weighted by atomic mass is 9.97. The monoisotopic (exact) mass is 247 g/mol. The van der Waals surface area contributed by atoms with E-state index < -0.39 is 11.7 Å². The van der Waals surface area contributed by atoms with Crippen molar-refractivity contribution in [3.8, 4) is 0 Å². The maximum Gasteiger partial charge on any atom is 0.416 e. The minimum Gasteiger partial charge on any atom is -0.384 e. The summed E-state index contributed by atoms with van der Waals surface area (Å²) in [5.41, 5.74) is 4.50. The summed E-state index contributed by atoms with van der Waals surface area (Å²) in [5.74, 6) is 0.00323. The Morgan fingerprint density at radius 1 is 1.24 bits per heavy atom. The number of nitrogen functional groups attached to an aromatic ring is 1. The Morgan fingerprint density at radius 2 is 1.82 bits per heavy atom. The van der Waals surface area contributed by atoms with Gasteiger partial charge in [0.1, 0.15) is 11.6 Å².